The van der Waals surface area contributed by atoms with Gasteiger partial charge in [0.2, 0.25) is 0 Å². The summed E-state index contributed by atoms with van der Waals surface area (Å²) in [7, 11) is -1.65. The highest BCUT2D eigenvalue weighted by molar-refractivity contribution is 7.84. The first kappa shape index (κ1) is 26.3. The summed E-state index contributed by atoms with van der Waals surface area (Å²) >= 11 is 6.18. The molecule has 0 aliphatic carbocycles. The normalized spacial score (nSPS) is 23.5. The maximum atomic E-state index is 15.3. The van der Waals surface area contributed by atoms with Gasteiger partial charge in [0.1, 0.15) is 11.6 Å². The molecule has 3 rings (SSSR count). The molecule has 1 aromatic rings. The van der Waals surface area contributed by atoms with Gasteiger partial charge in [-0.15, -0.1) is 0 Å². The molecule has 10 heteroatoms. The number of carbonyl (C=O) groups is 1. The van der Waals surface area contributed by atoms with Crippen LogP contribution >= 0.6 is 11.6 Å². The summed E-state index contributed by atoms with van der Waals surface area (Å²) < 4.78 is 37.9. The van der Waals surface area contributed by atoms with Crippen molar-refractivity contribution < 1.29 is 28.0 Å². The van der Waals surface area contributed by atoms with Crippen LogP contribution in [0.15, 0.2) is 6.07 Å². The number of phenols is 1. The molecule has 2 fully saturated rings. The lowest BCUT2D eigenvalue weighted by Gasteiger charge is -2.39. The number of ether oxygens (including phenoxy) is 2. The zero-order valence-corrected chi connectivity index (χ0v) is 21.4. The number of aryl methyl sites for hydroxylation is 1. The fraction of sp³-hybridized carbons (Fsp3) is 0.696. The molecule has 186 valence electrons. The molecule has 0 spiro atoms. The van der Waals surface area contributed by atoms with E-state index >= 15 is 4.39 Å². The van der Waals surface area contributed by atoms with Gasteiger partial charge in [0, 0.05) is 18.7 Å². The van der Waals surface area contributed by atoms with E-state index in [9.17, 15) is 14.1 Å². The minimum absolute atomic E-state index is 0.0342. The molecule has 2 aliphatic rings. The van der Waals surface area contributed by atoms with Gasteiger partial charge in [-0.05, 0) is 77.3 Å². The van der Waals surface area contributed by atoms with Crippen LogP contribution in [0.5, 0.6) is 5.75 Å². The number of nitrogens with zero attached hydrogens (tertiary/aromatic N) is 1. The van der Waals surface area contributed by atoms with Crippen molar-refractivity contribution in [3.63, 3.8) is 0 Å². The molecule has 1 unspecified atom stereocenters. The van der Waals surface area contributed by atoms with Crippen LogP contribution in [0.2, 0.25) is 5.02 Å². The minimum Gasteiger partial charge on any atom is -0.508 e. The molecule has 0 radical (unpaired) electrons. The van der Waals surface area contributed by atoms with Gasteiger partial charge in [-0.25, -0.2) is 8.60 Å². The number of phenolic OH excluding ortho intramolecular Hbond substituents is 1. The van der Waals surface area contributed by atoms with E-state index in [0.717, 1.165) is 0 Å². The van der Waals surface area contributed by atoms with Gasteiger partial charge in [0.25, 0.3) is 5.91 Å². The van der Waals surface area contributed by atoms with Crippen molar-refractivity contribution >= 4 is 28.5 Å². The number of hydrogen-bond acceptors (Lipinski definition) is 5. The highest BCUT2D eigenvalue weighted by atomic mass is 35.5. The van der Waals surface area contributed by atoms with E-state index in [0.29, 0.717) is 37.9 Å². The second-order valence-corrected chi connectivity index (χ2v) is 12.2. The number of benzene rings is 1. The van der Waals surface area contributed by atoms with Crippen LogP contribution in [-0.2, 0) is 25.3 Å². The monoisotopic (exact) mass is 504 g/mol. The van der Waals surface area contributed by atoms with Crippen molar-refractivity contribution in [2.24, 2.45) is 11.1 Å². The number of likely N-dealkylation sites (tertiary alicyclic amines) is 1. The number of amides is 1. The van der Waals surface area contributed by atoms with Crippen molar-refractivity contribution in [1.29, 1.82) is 0 Å². The van der Waals surface area contributed by atoms with E-state index in [-0.39, 0.29) is 34.8 Å². The van der Waals surface area contributed by atoms with E-state index in [1.165, 1.54) is 6.07 Å². The average molecular weight is 505 g/mol. The van der Waals surface area contributed by atoms with Gasteiger partial charge in [-0.1, -0.05) is 11.6 Å². The molecule has 33 heavy (non-hydrogen) atoms. The molecule has 3 N–H and O–H groups in total. The Morgan fingerprint density at radius 3 is 2.55 bits per heavy atom. The minimum atomic E-state index is -1.65. The molecule has 7 nitrogen and oxygen atoms in total. The first-order valence-corrected chi connectivity index (χ1v) is 12.8. The molecular formula is C23H34ClFN2O5S. The van der Waals surface area contributed by atoms with Crippen molar-refractivity contribution in [1.82, 2.24) is 4.90 Å². The van der Waals surface area contributed by atoms with Crippen LogP contribution in [0, 0.1) is 18.7 Å². The summed E-state index contributed by atoms with van der Waals surface area (Å²) in [6, 6.07) is 1.46. The van der Waals surface area contributed by atoms with Crippen LogP contribution < -0.4 is 5.14 Å². The second kappa shape index (κ2) is 9.77. The van der Waals surface area contributed by atoms with E-state index < -0.39 is 39.4 Å². The summed E-state index contributed by atoms with van der Waals surface area (Å²) in [5.41, 5.74) is 0.570. The van der Waals surface area contributed by atoms with Gasteiger partial charge < -0.3 is 19.5 Å². The van der Waals surface area contributed by atoms with Gasteiger partial charge in [-0.2, -0.15) is 0 Å². The molecular weight excluding hydrogens is 471 g/mol. The van der Waals surface area contributed by atoms with Crippen molar-refractivity contribution in [3.05, 3.63) is 28.0 Å². The van der Waals surface area contributed by atoms with Gasteiger partial charge in [0.05, 0.1) is 27.4 Å². The molecule has 3 atom stereocenters. The Labute approximate surface area is 202 Å². The fourth-order valence-corrected chi connectivity index (χ4v) is 5.25. The second-order valence-electron chi connectivity index (χ2n) is 10.1. The van der Waals surface area contributed by atoms with Crippen LogP contribution in [0.25, 0.3) is 0 Å². The summed E-state index contributed by atoms with van der Waals surface area (Å²) in [6.07, 6.45) is 0.839. The van der Waals surface area contributed by atoms with Gasteiger partial charge >= 0.3 is 0 Å². The largest absolute Gasteiger partial charge is 0.508 e. The summed E-state index contributed by atoms with van der Waals surface area (Å²) in [5.74, 6) is -2.26. The first-order valence-electron chi connectivity index (χ1n) is 11.2. The fourth-order valence-electron chi connectivity index (χ4n) is 4.75. The number of aromatic hydroxyl groups is 1. The zero-order valence-electron chi connectivity index (χ0n) is 19.8. The number of piperidine rings is 1. The Morgan fingerprint density at radius 2 is 2.03 bits per heavy atom. The van der Waals surface area contributed by atoms with Crippen molar-refractivity contribution in [2.75, 3.05) is 19.7 Å². The molecule has 2 aliphatic heterocycles. The lowest BCUT2D eigenvalue weighted by Crippen LogP contribution is -2.46. The summed E-state index contributed by atoms with van der Waals surface area (Å²) in [4.78, 5) is 14.6. The van der Waals surface area contributed by atoms with Crippen LogP contribution in [-0.4, -0.2) is 56.5 Å². The summed E-state index contributed by atoms with van der Waals surface area (Å²) in [5, 5.41) is 16.4. The predicted molar refractivity (Wildman–Crippen MR) is 126 cm³/mol. The number of hydrogen-bond donors (Lipinski definition) is 2. The Kier molecular flexibility index (Phi) is 7.80. The topological polar surface area (TPSA) is 102 Å². The Balaban J connectivity index is 1.83. The van der Waals surface area contributed by atoms with E-state index in [2.05, 4.69) is 0 Å². The third kappa shape index (κ3) is 5.70. The maximum absolute atomic E-state index is 15.3. The molecule has 2 heterocycles. The van der Waals surface area contributed by atoms with Gasteiger partial charge in [-0.3, -0.25) is 9.93 Å². The number of carbonyl (C=O) groups excluding carboxylic acids is 1. The Morgan fingerprint density at radius 1 is 1.42 bits per heavy atom. The number of rotatable bonds is 6. The molecule has 0 saturated carbocycles. The lowest BCUT2D eigenvalue weighted by molar-refractivity contribution is -0.161. The smallest absolute Gasteiger partial charge is 0.254 e. The Hall–Kier alpha value is -1.26. The summed E-state index contributed by atoms with van der Waals surface area (Å²) in [6.45, 7) is 9.84. The lowest BCUT2D eigenvalue weighted by atomic mass is 9.75. The average Bonchev–Trinajstić information content (AvgIpc) is 3.10. The third-order valence-electron chi connectivity index (χ3n) is 6.74. The number of nitrogens with two attached hydrogens (primary N) is 1. The third-order valence-corrected chi connectivity index (χ3v) is 8.46. The van der Waals surface area contributed by atoms with E-state index in [1.807, 2.05) is 0 Å². The first-order chi connectivity index (χ1) is 15.2. The van der Waals surface area contributed by atoms with Gasteiger partial charge in [0.15, 0.2) is 11.9 Å². The van der Waals surface area contributed by atoms with E-state index in [4.69, 9.17) is 26.2 Å². The maximum Gasteiger partial charge on any atom is 0.254 e. The number of halogens is 2. The molecule has 0 aromatic heterocycles. The molecule has 2 saturated heterocycles. The van der Waals surface area contributed by atoms with Crippen LogP contribution in [0.3, 0.4) is 0 Å². The Bertz CT molecular complexity index is 934. The van der Waals surface area contributed by atoms with Crippen molar-refractivity contribution in [3.8, 4) is 5.75 Å². The van der Waals surface area contributed by atoms with Crippen LogP contribution in [0.4, 0.5) is 4.39 Å². The van der Waals surface area contributed by atoms with Crippen LogP contribution in [0.1, 0.15) is 64.0 Å². The van der Waals surface area contributed by atoms with Crippen molar-refractivity contribution in [2.45, 2.75) is 76.4 Å². The SMILES string of the molecule is Cc1cc(O)c([C@H](CC(C)(C)S(N)=O)C2CCN(C(=O)[C@H]3COC(C)(C)O3)CC2)c(F)c1Cl. The highest BCUT2D eigenvalue weighted by Gasteiger charge is 2.42. The molecule has 1 aromatic carbocycles. The zero-order chi connectivity index (χ0) is 24.7. The van der Waals surface area contributed by atoms with E-state index in [1.54, 1.807) is 39.5 Å². The molecule has 0 bridgehead atoms. The quantitative estimate of drug-likeness (QED) is 0.614. The predicted octanol–water partition coefficient (Wildman–Crippen LogP) is 3.76. The standard InChI is InChI=1S/C23H34ClFN2O5S/c1-13-10-16(28)18(20(25)19(13)24)15(11-22(2,3)33(26)30)14-6-8-27(9-7-14)21(29)17-12-31-23(4,5)32-17/h10,14-15,17,28H,6-9,11-12,26H2,1-5H3/t15-,17-,33?/m1/s1. The highest BCUT2D eigenvalue weighted by Crippen LogP contribution is 2.45. The molecule has 1 amide bonds.